The maximum atomic E-state index is 15.4. The first kappa shape index (κ1) is 41.8. The van der Waals surface area contributed by atoms with Crippen molar-refractivity contribution >= 4 is 23.9 Å². The van der Waals surface area contributed by atoms with Gasteiger partial charge in [0.1, 0.15) is 35.8 Å². The number of aromatic nitrogens is 2. The van der Waals surface area contributed by atoms with E-state index >= 15 is 8.78 Å². The molecular weight excluding hydrogens is 775 g/mol. The van der Waals surface area contributed by atoms with Crippen LogP contribution < -0.4 is 10.6 Å². The number of aliphatic hydroxyl groups excluding tert-OH is 1. The van der Waals surface area contributed by atoms with Crippen LogP contribution in [0.4, 0.5) is 22.8 Å². The van der Waals surface area contributed by atoms with Gasteiger partial charge in [-0.25, -0.2) is 27.7 Å². The highest BCUT2D eigenvalue weighted by Gasteiger charge is 2.45. The molecule has 2 aromatic carbocycles. The molecule has 1 aromatic heterocycles. The normalized spacial score (nSPS) is 22.6. The third kappa shape index (κ3) is 10.1. The van der Waals surface area contributed by atoms with Gasteiger partial charge in [-0.1, -0.05) is 30.3 Å². The molecule has 0 saturated carbocycles. The molecule has 3 aromatic rings. The molecule has 0 aliphatic carbocycles. The van der Waals surface area contributed by atoms with Crippen molar-refractivity contribution < 1.29 is 51.7 Å². The molecule has 18 heteroatoms. The molecule has 59 heavy (non-hydrogen) atoms. The Kier molecular flexibility index (Phi) is 13.6. The lowest BCUT2D eigenvalue weighted by atomic mass is 9.89. The number of urea groups is 1. The minimum atomic E-state index is -1.25. The first-order valence-electron chi connectivity index (χ1n) is 19.8. The van der Waals surface area contributed by atoms with E-state index in [9.17, 15) is 28.7 Å². The zero-order chi connectivity index (χ0) is 41.5. The van der Waals surface area contributed by atoms with Crippen LogP contribution in [-0.2, 0) is 30.3 Å². The van der Waals surface area contributed by atoms with E-state index in [0.717, 1.165) is 28.7 Å². The zero-order valence-corrected chi connectivity index (χ0v) is 32.4. The quantitative estimate of drug-likeness (QED) is 0.153. The number of likely N-dealkylation sites (tertiary alicyclic amines) is 1. The Morgan fingerprint density at radius 3 is 2.53 bits per heavy atom. The van der Waals surface area contributed by atoms with Gasteiger partial charge < -0.3 is 44.3 Å². The van der Waals surface area contributed by atoms with Gasteiger partial charge in [0.05, 0.1) is 44.6 Å². The standard InChI is InChI=1S/C41H48F3N7O8/c42-29-6-7-31(43)30(18-29)33-23-48(21-26-4-2-1-3-5-26)39(47-33)38(27-10-14-57-15-11-27)51(22-28-19-45-20-32(28)44)41(56)49-24-34(52)35(25-49)59-40(55)46-12-16-58-17-13-50-36(53)8-9-37(50)54/h1-9,18,23,27-28,32,34-35,38,45,52H,10-17,19-22,24-25H2,(H,46,55)/t28-,32-,34-,35+,38+/m0/s1. The number of carbonyl (C=O) groups excluding carboxylic acids is 4. The second kappa shape index (κ2) is 19.2. The maximum absolute atomic E-state index is 15.4. The molecule has 4 aliphatic heterocycles. The summed E-state index contributed by atoms with van der Waals surface area (Å²) < 4.78 is 63.8. The maximum Gasteiger partial charge on any atom is 0.407 e. The summed E-state index contributed by atoms with van der Waals surface area (Å²) in [5, 5.41) is 16.7. The van der Waals surface area contributed by atoms with Gasteiger partial charge in [0.15, 0.2) is 0 Å². The third-order valence-corrected chi connectivity index (χ3v) is 11.1. The zero-order valence-electron chi connectivity index (χ0n) is 32.4. The molecule has 5 atom stereocenters. The number of benzene rings is 2. The lowest BCUT2D eigenvalue weighted by molar-refractivity contribution is -0.137. The number of nitrogens with one attached hydrogen (secondary N) is 2. The van der Waals surface area contributed by atoms with Crippen LogP contribution in [0.15, 0.2) is 66.9 Å². The van der Waals surface area contributed by atoms with Crippen LogP contribution in [0.3, 0.4) is 0 Å². The van der Waals surface area contributed by atoms with E-state index in [-0.39, 0.29) is 76.2 Å². The number of imidazole rings is 1. The van der Waals surface area contributed by atoms with Crippen molar-refractivity contribution in [3.8, 4) is 11.3 Å². The Bertz CT molecular complexity index is 1980. The van der Waals surface area contributed by atoms with Gasteiger partial charge in [0.2, 0.25) is 0 Å². The fourth-order valence-corrected chi connectivity index (χ4v) is 8.00. The molecule has 0 unspecified atom stereocenters. The SMILES string of the molecule is O=C(NCCOCCN1C(=O)C=CC1=O)O[C@@H]1CN(C(=O)N(C[C@@H]2CNC[C@@H]2F)[C@@H](c2nc(-c3cc(F)ccc3F)cn2Cc2ccccc2)C2CCOCC2)C[C@@H]1O. The van der Waals surface area contributed by atoms with Gasteiger partial charge in [-0.05, 0) is 42.5 Å². The second-order valence-corrected chi connectivity index (χ2v) is 15.1. The predicted octanol–water partition coefficient (Wildman–Crippen LogP) is 3.04. The third-order valence-electron chi connectivity index (χ3n) is 11.1. The smallest absolute Gasteiger partial charge is 0.407 e. The van der Waals surface area contributed by atoms with Crippen molar-refractivity contribution in [2.45, 2.75) is 43.8 Å². The van der Waals surface area contributed by atoms with E-state index in [1.165, 1.54) is 17.1 Å². The number of halogens is 3. The Morgan fingerprint density at radius 1 is 1.03 bits per heavy atom. The molecule has 15 nitrogen and oxygen atoms in total. The summed E-state index contributed by atoms with van der Waals surface area (Å²) >= 11 is 0. The fraction of sp³-hybridized carbons (Fsp3) is 0.488. The van der Waals surface area contributed by atoms with Crippen molar-refractivity contribution in [2.24, 2.45) is 11.8 Å². The van der Waals surface area contributed by atoms with Crippen molar-refractivity contribution in [1.82, 2.24) is 34.9 Å². The molecule has 3 saturated heterocycles. The van der Waals surface area contributed by atoms with Crippen molar-refractivity contribution in [3.05, 3.63) is 89.9 Å². The molecule has 316 valence electrons. The van der Waals surface area contributed by atoms with E-state index in [2.05, 4.69) is 10.6 Å². The summed E-state index contributed by atoms with van der Waals surface area (Å²) in [4.78, 5) is 60.0. The monoisotopic (exact) mass is 823 g/mol. The average Bonchev–Trinajstić information content (AvgIpc) is 4.01. The minimum absolute atomic E-state index is 0.0217. The number of aliphatic hydroxyl groups is 1. The Hall–Kier alpha value is -5.30. The molecule has 0 spiro atoms. The average molecular weight is 824 g/mol. The number of rotatable bonds is 15. The Morgan fingerprint density at radius 2 is 1.80 bits per heavy atom. The van der Waals surface area contributed by atoms with E-state index < -0.39 is 65.9 Å². The summed E-state index contributed by atoms with van der Waals surface area (Å²) in [5.74, 6) is -2.58. The van der Waals surface area contributed by atoms with Crippen LogP contribution in [0.5, 0.6) is 0 Å². The largest absolute Gasteiger partial charge is 0.442 e. The van der Waals surface area contributed by atoms with Crippen LogP contribution in [0.2, 0.25) is 0 Å². The lowest BCUT2D eigenvalue weighted by Crippen LogP contribution is -2.50. The molecule has 0 bridgehead atoms. The molecular formula is C41H48F3N7O8. The Labute approximate surface area is 339 Å². The summed E-state index contributed by atoms with van der Waals surface area (Å²) in [6.45, 7) is 1.37. The number of nitrogens with zero attached hydrogens (tertiary/aromatic N) is 5. The number of hydrogen-bond acceptors (Lipinski definition) is 10. The highest BCUT2D eigenvalue weighted by atomic mass is 19.1. The molecule has 4 aliphatic rings. The molecule has 0 radical (unpaired) electrons. The van der Waals surface area contributed by atoms with Crippen molar-refractivity contribution in [1.29, 1.82) is 0 Å². The molecule has 3 fully saturated rings. The van der Waals surface area contributed by atoms with Crippen LogP contribution in [0, 0.1) is 23.5 Å². The van der Waals surface area contributed by atoms with Crippen molar-refractivity contribution in [2.75, 3.05) is 72.2 Å². The van der Waals surface area contributed by atoms with E-state index in [0.29, 0.717) is 38.4 Å². The van der Waals surface area contributed by atoms with Gasteiger partial charge in [-0.15, -0.1) is 0 Å². The number of alkyl halides is 1. The first-order chi connectivity index (χ1) is 28.5. The number of amides is 5. The summed E-state index contributed by atoms with van der Waals surface area (Å²) in [5.41, 5.74) is 1.01. The highest BCUT2D eigenvalue weighted by molar-refractivity contribution is 6.12. The van der Waals surface area contributed by atoms with Crippen LogP contribution in [0.25, 0.3) is 11.3 Å². The van der Waals surface area contributed by atoms with Crippen LogP contribution in [-0.4, -0.2) is 144 Å². The highest BCUT2D eigenvalue weighted by Crippen LogP contribution is 2.39. The first-order valence-corrected chi connectivity index (χ1v) is 19.8. The number of hydrogen-bond donors (Lipinski definition) is 3. The molecule has 3 N–H and O–H groups in total. The van der Waals surface area contributed by atoms with Gasteiger partial charge >= 0.3 is 12.1 Å². The predicted molar refractivity (Wildman–Crippen MR) is 205 cm³/mol. The Balaban J connectivity index is 1.11. The summed E-state index contributed by atoms with van der Waals surface area (Å²) in [6, 6.07) is 11.3. The number of imide groups is 1. The van der Waals surface area contributed by atoms with E-state index in [4.69, 9.17) is 19.2 Å². The van der Waals surface area contributed by atoms with Gasteiger partial charge in [-0.3, -0.25) is 14.5 Å². The number of ether oxygens (including phenoxy) is 3. The lowest BCUT2D eigenvalue weighted by Gasteiger charge is -2.41. The molecule has 5 heterocycles. The fourth-order valence-electron chi connectivity index (χ4n) is 8.00. The molecule has 5 amide bonds. The van der Waals surface area contributed by atoms with E-state index in [1.54, 1.807) is 11.1 Å². The number of alkyl carbamates (subject to hydrolysis) is 1. The van der Waals surface area contributed by atoms with Crippen LogP contribution >= 0.6 is 0 Å². The van der Waals surface area contributed by atoms with Crippen molar-refractivity contribution in [3.63, 3.8) is 0 Å². The molecule has 7 rings (SSSR count). The van der Waals surface area contributed by atoms with Gasteiger partial charge in [-0.2, -0.15) is 0 Å². The topological polar surface area (TPSA) is 168 Å². The van der Waals surface area contributed by atoms with Gasteiger partial charge in [0, 0.05) is 75.8 Å². The number of carbonyl (C=O) groups is 4. The van der Waals surface area contributed by atoms with Crippen LogP contribution in [0.1, 0.15) is 30.3 Å². The van der Waals surface area contributed by atoms with Gasteiger partial charge in [0.25, 0.3) is 11.8 Å². The second-order valence-electron chi connectivity index (χ2n) is 15.1. The minimum Gasteiger partial charge on any atom is -0.442 e. The number of β-amino-alcohol motifs (C(OH)–C–C–N with tert-alkyl or cyclic N) is 1. The summed E-state index contributed by atoms with van der Waals surface area (Å²) in [6.07, 6.45) is 0.628. The van der Waals surface area contributed by atoms with E-state index in [1.807, 2.05) is 34.9 Å². The summed E-state index contributed by atoms with van der Waals surface area (Å²) in [7, 11) is 0.